The quantitative estimate of drug-likeness (QED) is 0.497. The van der Waals surface area contributed by atoms with E-state index in [1.165, 1.54) is 11.8 Å². The molecule has 0 aliphatic heterocycles. The molecule has 1 aromatic heterocycles. The van der Waals surface area contributed by atoms with Gasteiger partial charge >= 0.3 is 5.97 Å². The first-order chi connectivity index (χ1) is 8.61. The molecule has 2 aromatic rings. The molecule has 0 aliphatic carbocycles. The van der Waals surface area contributed by atoms with E-state index in [0.29, 0.717) is 11.7 Å². The smallest absolute Gasteiger partial charge is 0.313 e. The highest BCUT2D eigenvalue weighted by atomic mass is 127. The summed E-state index contributed by atoms with van der Waals surface area (Å²) in [5.74, 6) is -0.829. The number of fused-ring (bicyclic) bond motifs is 1. The summed E-state index contributed by atoms with van der Waals surface area (Å²) < 4.78 is 3.09. The van der Waals surface area contributed by atoms with Gasteiger partial charge in [0.15, 0.2) is 5.16 Å². The molecule has 1 aromatic carbocycles. The minimum atomic E-state index is -0.841. The molecule has 4 nitrogen and oxygen atoms in total. The van der Waals surface area contributed by atoms with Crippen LogP contribution in [0.15, 0.2) is 36.0 Å². The molecule has 0 bridgehead atoms. The van der Waals surface area contributed by atoms with Crippen LogP contribution in [0.5, 0.6) is 0 Å². The second kappa shape index (κ2) is 5.75. The molecule has 18 heavy (non-hydrogen) atoms. The number of allylic oxidation sites excluding steroid dienone is 1. The number of imidazole rings is 1. The zero-order valence-electron chi connectivity index (χ0n) is 9.47. The summed E-state index contributed by atoms with van der Waals surface area (Å²) in [4.78, 5) is 15.1. The van der Waals surface area contributed by atoms with Crippen LogP contribution >= 0.6 is 34.4 Å². The van der Waals surface area contributed by atoms with Gasteiger partial charge in [0.2, 0.25) is 0 Å². The van der Waals surface area contributed by atoms with Crippen LogP contribution < -0.4 is 0 Å². The fourth-order valence-corrected chi connectivity index (χ4v) is 2.84. The molecule has 1 heterocycles. The fourth-order valence-electron chi connectivity index (χ4n) is 1.62. The first-order valence-electron chi connectivity index (χ1n) is 5.23. The summed E-state index contributed by atoms with van der Waals surface area (Å²) in [7, 11) is 0. The summed E-state index contributed by atoms with van der Waals surface area (Å²) in [5, 5.41) is 9.45. The molecule has 0 radical (unpaired) electrons. The number of aromatic nitrogens is 2. The van der Waals surface area contributed by atoms with E-state index in [0.717, 1.165) is 14.6 Å². The fraction of sp³-hybridized carbons (Fsp3) is 0.167. The molecule has 0 saturated heterocycles. The largest absolute Gasteiger partial charge is 0.481 e. The van der Waals surface area contributed by atoms with Gasteiger partial charge < -0.3 is 9.67 Å². The lowest BCUT2D eigenvalue weighted by Gasteiger charge is -2.04. The van der Waals surface area contributed by atoms with Gasteiger partial charge in [0.05, 0.1) is 16.8 Å². The van der Waals surface area contributed by atoms with Crippen LogP contribution in [-0.2, 0) is 11.3 Å². The van der Waals surface area contributed by atoms with Crippen LogP contribution in [0.3, 0.4) is 0 Å². The molecule has 94 valence electrons. The maximum Gasteiger partial charge on any atom is 0.313 e. The molecule has 0 fully saturated rings. The number of halogens is 1. The second-order valence-corrected chi connectivity index (χ2v) is 5.80. The SMILES string of the molecule is C=CCn1c(SCC(=O)O)nc2cc(I)ccc21. The molecular weight excluding hydrogens is 363 g/mol. The van der Waals surface area contributed by atoms with Crippen LogP contribution in [-0.4, -0.2) is 26.4 Å². The van der Waals surface area contributed by atoms with E-state index in [9.17, 15) is 4.79 Å². The van der Waals surface area contributed by atoms with E-state index in [1.807, 2.05) is 22.8 Å². The van der Waals surface area contributed by atoms with Gasteiger partial charge in [-0.2, -0.15) is 0 Å². The Morgan fingerprint density at radius 1 is 1.61 bits per heavy atom. The summed E-state index contributed by atoms with van der Waals surface area (Å²) >= 11 is 3.46. The Morgan fingerprint density at radius 3 is 3.06 bits per heavy atom. The standard InChI is InChI=1S/C12H11IN2O2S/c1-2-5-15-10-4-3-8(13)6-9(10)14-12(15)18-7-11(16)17/h2-4,6H,1,5,7H2,(H,16,17). The minimum absolute atomic E-state index is 0.0115. The van der Waals surface area contributed by atoms with Crippen LogP contribution in [0.2, 0.25) is 0 Å². The molecule has 0 atom stereocenters. The maximum atomic E-state index is 10.6. The lowest BCUT2D eigenvalue weighted by atomic mass is 10.3. The lowest BCUT2D eigenvalue weighted by molar-refractivity contribution is -0.133. The molecule has 6 heteroatoms. The maximum absolute atomic E-state index is 10.6. The van der Waals surface area contributed by atoms with Crippen molar-refractivity contribution < 1.29 is 9.90 Å². The van der Waals surface area contributed by atoms with Crippen LogP contribution in [0.4, 0.5) is 0 Å². The predicted octanol–water partition coefficient (Wildman–Crippen LogP) is 3.00. The second-order valence-electron chi connectivity index (χ2n) is 3.61. The Labute approximate surface area is 122 Å². The third-order valence-corrected chi connectivity index (χ3v) is 3.94. The average molecular weight is 374 g/mol. The number of benzene rings is 1. The number of carboxylic acids is 1. The van der Waals surface area contributed by atoms with E-state index in [2.05, 4.69) is 34.2 Å². The molecule has 0 saturated carbocycles. The molecule has 0 unspecified atom stereocenters. The topological polar surface area (TPSA) is 55.1 Å². The van der Waals surface area contributed by atoms with E-state index >= 15 is 0 Å². The number of rotatable bonds is 5. The van der Waals surface area contributed by atoms with Crippen molar-refractivity contribution >= 4 is 51.4 Å². The minimum Gasteiger partial charge on any atom is -0.481 e. The van der Waals surface area contributed by atoms with E-state index < -0.39 is 5.97 Å². The number of carbonyl (C=O) groups is 1. The zero-order valence-corrected chi connectivity index (χ0v) is 12.4. The highest BCUT2D eigenvalue weighted by molar-refractivity contribution is 14.1. The van der Waals surface area contributed by atoms with Crippen molar-refractivity contribution in [1.82, 2.24) is 9.55 Å². The average Bonchev–Trinajstić information content (AvgIpc) is 2.64. The van der Waals surface area contributed by atoms with Crippen molar-refractivity contribution in [3.63, 3.8) is 0 Å². The monoisotopic (exact) mass is 374 g/mol. The number of thioether (sulfide) groups is 1. The van der Waals surface area contributed by atoms with E-state index in [4.69, 9.17) is 5.11 Å². The Bertz CT molecular complexity index is 609. The Kier molecular flexibility index (Phi) is 4.28. The van der Waals surface area contributed by atoms with Gasteiger partial charge in [-0.3, -0.25) is 4.79 Å². The highest BCUT2D eigenvalue weighted by Gasteiger charge is 2.11. The van der Waals surface area contributed by atoms with E-state index in [1.54, 1.807) is 6.08 Å². The van der Waals surface area contributed by atoms with Gasteiger partial charge in [0.25, 0.3) is 0 Å². The number of hydrogen-bond donors (Lipinski definition) is 1. The van der Waals surface area contributed by atoms with Crippen molar-refractivity contribution in [2.24, 2.45) is 0 Å². The van der Waals surface area contributed by atoms with Crippen molar-refractivity contribution in [2.75, 3.05) is 5.75 Å². The summed E-state index contributed by atoms with van der Waals surface area (Å²) in [6.07, 6.45) is 1.78. The molecule has 1 N–H and O–H groups in total. The lowest BCUT2D eigenvalue weighted by Crippen LogP contribution is -2.02. The van der Waals surface area contributed by atoms with Gasteiger partial charge in [-0.25, -0.2) is 4.98 Å². The van der Waals surface area contributed by atoms with Gasteiger partial charge in [-0.1, -0.05) is 17.8 Å². The van der Waals surface area contributed by atoms with Crippen LogP contribution in [0.1, 0.15) is 0 Å². The number of nitrogens with zero attached hydrogens (tertiary/aromatic N) is 2. The first-order valence-corrected chi connectivity index (χ1v) is 7.29. The number of hydrogen-bond acceptors (Lipinski definition) is 3. The van der Waals surface area contributed by atoms with Gasteiger partial charge in [0, 0.05) is 10.1 Å². The third-order valence-electron chi connectivity index (χ3n) is 2.31. The van der Waals surface area contributed by atoms with Crippen LogP contribution in [0.25, 0.3) is 11.0 Å². The molecule has 0 spiro atoms. The van der Waals surface area contributed by atoms with Crippen molar-refractivity contribution in [1.29, 1.82) is 0 Å². The number of aliphatic carboxylic acids is 1. The summed E-state index contributed by atoms with van der Waals surface area (Å²) in [6, 6.07) is 5.99. The Balaban J connectivity index is 2.46. The van der Waals surface area contributed by atoms with Gasteiger partial charge in [-0.05, 0) is 40.8 Å². The van der Waals surface area contributed by atoms with Gasteiger partial charge in [-0.15, -0.1) is 6.58 Å². The Hall–Kier alpha value is -1.02. The van der Waals surface area contributed by atoms with Crippen molar-refractivity contribution in [3.8, 4) is 0 Å². The highest BCUT2D eigenvalue weighted by Crippen LogP contribution is 2.25. The molecule has 0 aliphatic rings. The molecule has 2 rings (SSSR count). The number of carboxylic acid groups (broad SMARTS) is 1. The summed E-state index contributed by atoms with van der Waals surface area (Å²) in [6.45, 7) is 4.34. The van der Waals surface area contributed by atoms with Crippen LogP contribution in [0, 0.1) is 3.57 Å². The van der Waals surface area contributed by atoms with Crippen molar-refractivity contribution in [3.05, 3.63) is 34.4 Å². The van der Waals surface area contributed by atoms with Gasteiger partial charge in [0.1, 0.15) is 0 Å². The predicted molar refractivity (Wildman–Crippen MR) is 81.0 cm³/mol. The van der Waals surface area contributed by atoms with E-state index in [-0.39, 0.29) is 5.75 Å². The third kappa shape index (κ3) is 2.86. The zero-order chi connectivity index (χ0) is 13.1. The van der Waals surface area contributed by atoms with Crippen molar-refractivity contribution in [2.45, 2.75) is 11.7 Å². The molecule has 0 amide bonds. The first kappa shape index (κ1) is 13.4. The molecular formula is C12H11IN2O2S. The normalized spacial score (nSPS) is 10.7. The Morgan fingerprint density at radius 2 is 2.39 bits per heavy atom. The summed E-state index contributed by atoms with van der Waals surface area (Å²) in [5.41, 5.74) is 1.89.